The van der Waals surface area contributed by atoms with Crippen LogP contribution >= 0.6 is 0 Å². The third kappa shape index (κ3) is 6.54. The Morgan fingerprint density at radius 1 is 1.26 bits per heavy atom. The van der Waals surface area contributed by atoms with Crippen molar-refractivity contribution in [1.82, 2.24) is 15.5 Å². The summed E-state index contributed by atoms with van der Waals surface area (Å²) in [6, 6.07) is 7.68. The molecule has 1 aromatic carbocycles. The minimum Gasteiger partial charge on any atom is -0.336 e. The van der Waals surface area contributed by atoms with Gasteiger partial charge in [-0.1, -0.05) is 31.5 Å². The number of amides is 3. The van der Waals surface area contributed by atoms with Gasteiger partial charge < -0.3 is 20.4 Å². The fourth-order valence-corrected chi connectivity index (χ4v) is 3.46. The second-order valence-electron chi connectivity index (χ2n) is 7.43. The minimum absolute atomic E-state index is 0.0522. The van der Waals surface area contributed by atoms with E-state index in [1.54, 1.807) is 4.90 Å². The topological polar surface area (TPSA) is 64.7 Å². The van der Waals surface area contributed by atoms with Gasteiger partial charge in [0.15, 0.2) is 0 Å². The summed E-state index contributed by atoms with van der Waals surface area (Å²) >= 11 is 0. The van der Waals surface area contributed by atoms with Crippen LogP contribution in [0.25, 0.3) is 0 Å². The first-order valence-electron chi connectivity index (χ1n) is 10.1. The zero-order chi connectivity index (χ0) is 19.8. The summed E-state index contributed by atoms with van der Waals surface area (Å²) in [7, 11) is 0. The van der Waals surface area contributed by atoms with Crippen molar-refractivity contribution in [3.05, 3.63) is 29.8 Å². The highest BCUT2D eigenvalue weighted by Gasteiger charge is 2.31. The zero-order valence-corrected chi connectivity index (χ0v) is 17.1. The summed E-state index contributed by atoms with van der Waals surface area (Å²) in [5.74, 6) is 0.0522. The van der Waals surface area contributed by atoms with E-state index in [0.29, 0.717) is 13.0 Å². The van der Waals surface area contributed by atoms with Gasteiger partial charge in [-0.05, 0) is 58.5 Å². The number of anilines is 1. The molecule has 1 saturated heterocycles. The smallest absolute Gasteiger partial charge is 0.315 e. The van der Waals surface area contributed by atoms with E-state index in [0.717, 1.165) is 43.7 Å². The van der Waals surface area contributed by atoms with E-state index in [4.69, 9.17) is 0 Å². The van der Waals surface area contributed by atoms with Crippen LogP contribution in [0.15, 0.2) is 24.3 Å². The molecule has 2 N–H and O–H groups in total. The number of aryl methyl sites for hydroxylation is 1. The molecular formula is C21H34N4O2. The number of carbonyl (C=O) groups excluding carboxylic acids is 2. The van der Waals surface area contributed by atoms with Crippen molar-refractivity contribution in [3.63, 3.8) is 0 Å². The van der Waals surface area contributed by atoms with Crippen molar-refractivity contribution >= 4 is 17.6 Å². The number of rotatable bonds is 9. The lowest BCUT2D eigenvalue weighted by Crippen LogP contribution is -2.46. The Morgan fingerprint density at radius 2 is 1.93 bits per heavy atom. The number of nitrogens with one attached hydrogen (secondary N) is 2. The second-order valence-corrected chi connectivity index (χ2v) is 7.43. The van der Waals surface area contributed by atoms with Crippen molar-refractivity contribution in [1.29, 1.82) is 0 Å². The first kappa shape index (κ1) is 21.2. The summed E-state index contributed by atoms with van der Waals surface area (Å²) in [6.07, 6.45) is 2.35. The Hall–Kier alpha value is -2.08. The van der Waals surface area contributed by atoms with Crippen LogP contribution in [0.3, 0.4) is 0 Å². The number of urea groups is 1. The molecule has 0 spiro atoms. The highest BCUT2D eigenvalue weighted by atomic mass is 16.2. The Labute approximate surface area is 163 Å². The fourth-order valence-electron chi connectivity index (χ4n) is 3.46. The average molecular weight is 375 g/mol. The maximum Gasteiger partial charge on any atom is 0.315 e. The number of hydrogen-bond acceptors (Lipinski definition) is 3. The van der Waals surface area contributed by atoms with Crippen LogP contribution in [0.2, 0.25) is 0 Å². The molecule has 0 unspecified atom stereocenters. The van der Waals surface area contributed by atoms with Crippen LogP contribution < -0.4 is 15.5 Å². The molecule has 0 aromatic heterocycles. The van der Waals surface area contributed by atoms with Gasteiger partial charge in [0, 0.05) is 24.7 Å². The van der Waals surface area contributed by atoms with Crippen molar-refractivity contribution in [3.8, 4) is 0 Å². The summed E-state index contributed by atoms with van der Waals surface area (Å²) in [4.78, 5) is 28.7. The van der Waals surface area contributed by atoms with E-state index in [-0.39, 0.29) is 24.0 Å². The molecule has 27 heavy (non-hydrogen) atoms. The van der Waals surface area contributed by atoms with Gasteiger partial charge in [0.05, 0.1) is 6.04 Å². The van der Waals surface area contributed by atoms with Crippen molar-refractivity contribution < 1.29 is 9.59 Å². The van der Waals surface area contributed by atoms with E-state index in [9.17, 15) is 9.59 Å². The van der Waals surface area contributed by atoms with Gasteiger partial charge in [0.2, 0.25) is 5.91 Å². The van der Waals surface area contributed by atoms with E-state index >= 15 is 0 Å². The van der Waals surface area contributed by atoms with E-state index in [2.05, 4.69) is 29.4 Å². The van der Waals surface area contributed by atoms with Crippen molar-refractivity contribution in [2.24, 2.45) is 0 Å². The van der Waals surface area contributed by atoms with Gasteiger partial charge in [-0.2, -0.15) is 0 Å². The molecule has 0 bridgehead atoms. The van der Waals surface area contributed by atoms with Crippen LogP contribution in [0.1, 0.15) is 45.6 Å². The molecule has 1 aromatic rings. The summed E-state index contributed by atoms with van der Waals surface area (Å²) in [5, 5.41) is 5.94. The average Bonchev–Trinajstić information content (AvgIpc) is 2.99. The van der Waals surface area contributed by atoms with Gasteiger partial charge >= 0.3 is 6.03 Å². The quantitative estimate of drug-likeness (QED) is 0.698. The van der Waals surface area contributed by atoms with Crippen LogP contribution in [-0.2, 0) is 4.79 Å². The molecule has 1 fully saturated rings. The maximum atomic E-state index is 12.3. The standard InChI is InChI=1S/C21H34N4O2/c1-5-24(6-2)13-7-8-17(4)22-21(27)23-18-14-20(26)25(15-18)19-11-9-16(3)10-12-19/h9-12,17-18H,5-8,13-15H2,1-4H3,(H2,22,23,27)/t17-,18+/m1/s1. The van der Waals surface area contributed by atoms with Gasteiger partial charge in [0.25, 0.3) is 0 Å². The highest BCUT2D eigenvalue weighted by Crippen LogP contribution is 2.21. The first-order chi connectivity index (χ1) is 12.9. The Morgan fingerprint density at radius 3 is 2.56 bits per heavy atom. The molecule has 6 heteroatoms. The molecule has 0 radical (unpaired) electrons. The SMILES string of the molecule is CCN(CC)CCC[C@@H](C)NC(=O)N[C@H]1CC(=O)N(c2ccc(C)cc2)C1. The Kier molecular flexibility index (Phi) is 8.10. The molecule has 2 atom stereocenters. The highest BCUT2D eigenvalue weighted by molar-refractivity contribution is 5.96. The minimum atomic E-state index is -0.186. The van der Waals surface area contributed by atoms with Crippen LogP contribution in [-0.4, -0.2) is 55.1 Å². The third-order valence-corrected chi connectivity index (χ3v) is 5.19. The molecule has 3 amide bonds. The molecule has 1 aliphatic heterocycles. The molecule has 1 aliphatic rings. The second kappa shape index (κ2) is 10.3. The van der Waals surface area contributed by atoms with Crippen molar-refractivity contribution in [2.75, 3.05) is 31.1 Å². The van der Waals surface area contributed by atoms with E-state index < -0.39 is 0 Å². The van der Waals surface area contributed by atoms with Crippen LogP contribution in [0.4, 0.5) is 10.5 Å². The molecule has 1 heterocycles. The molecule has 6 nitrogen and oxygen atoms in total. The summed E-state index contributed by atoms with van der Waals surface area (Å²) in [5.41, 5.74) is 2.05. The number of nitrogens with zero attached hydrogens (tertiary/aromatic N) is 2. The van der Waals surface area contributed by atoms with Crippen LogP contribution in [0, 0.1) is 6.92 Å². The number of hydrogen-bond donors (Lipinski definition) is 2. The fraction of sp³-hybridized carbons (Fsp3) is 0.619. The van der Waals surface area contributed by atoms with Gasteiger partial charge in [-0.15, -0.1) is 0 Å². The molecule has 0 saturated carbocycles. The lowest BCUT2D eigenvalue weighted by atomic mass is 10.2. The van der Waals surface area contributed by atoms with E-state index in [1.165, 1.54) is 0 Å². The summed E-state index contributed by atoms with van der Waals surface area (Å²) in [6.45, 7) is 12.1. The lowest BCUT2D eigenvalue weighted by Gasteiger charge is -2.21. The lowest BCUT2D eigenvalue weighted by molar-refractivity contribution is -0.117. The van der Waals surface area contributed by atoms with Crippen LogP contribution in [0.5, 0.6) is 0 Å². The molecular weight excluding hydrogens is 340 g/mol. The summed E-state index contributed by atoms with van der Waals surface area (Å²) < 4.78 is 0. The third-order valence-electron chi connectivity index (χ3n) is 5.19. The monoisotopic (exact) mass is 374 g/mol. The van der Waals surface area contributed by atoms with Crippen molar-refractivity contribution in [2.45, 2.75) is 59.0 Å². The van der Waals surface area contributed by atoms with Gasteiger partial charge in [-0.3, -0.25) is 4.79 Å². The number of benzene rings is 1. The predicted octanol–water partition coefficient (Wildman–Crippen LogP) is 2.91. The predicted molar refractivity (Wildman–Crippen MR) is 110 cm³/mol. The molecule has 0 aliphatic carbocycles. The van der Waals surface area contributed by atoms with Gasteiger partial charge in [-0.25, -0.2) is 4.79 Å². The zero-order valence-electron chi connectivity index (χ0n) is 17.1. The van der Waals surface area contributed by atoms with Gasteiger partial charge in [0.1, 0.15) is 0 Å². The Bertz CT molecular complexity index is 613. The van der Waals surface area contributed by atoms with E-state index in [1.807, 2.05) is 38.1 Å². The molecule has 150 valence electrons. The maximum absolute atomic E-state index is 12.3. The largest absolute Gasteiger partial charge is 0.336 e. The first-order valence-corrected chi connectivity index (χ1v) is 10.1. The number of carbonyl (C=O) groups is 2. The normalized spacial score (nSPS) is 18.0. The molecule has 2 rings (SSSR count). The Balaban J connectivity index is 1.74.